The number of ether oxygens (including phenoxy) is 1. The molecule has 0 unspecified atom stereocenters. The maximum atomic E-state index is 12.3. The van der Waals surface area contributed by atoms with E-state index >= 15 is 0 Å². The number of rotatable bonds is 6. The van der Waals surface area contributed by atoms with Crippen molar-refractivity contribution < 1.29 is 13.2 Å². The normalized spacial score (nSPS) is 17.4. The van der Waals surface area contributed by atoms with Gasteiger partial charge in [-0.1, -0.05) is 19.3 Å². The van der Waals surface area contributed by atoms with E-state index in [1.54, 1.807) is 14.0 Å². The van der Waals surface area contributed by atoms with Crippen LogP contribution >= 0.6 is 0 Å². The number of aromatic amines is 1. The van der Waals surface area contributed by atoms with Crippen LogP contribution in [0.1, 0.15) is 39.0 Å². The van der Waals surface area contributed by atoms with Gasteiger partial charge in [0.2, 0.25) is 5.95 Å². The molecule has 9 heteroatoms. The van der Waals surface area contributed by atoms with Crippen molar-refractivity contribution in [2.45, 2.75) is 45.1 Å². The van der Waals surface area contributed by atoms with E-state index in [0.29, 0.717) is 6.61 Å². The van der Waals surface area contributed by atoms with Crippen LogP contribution in [0.25, 0.3) is 0 Å². The van der Waals surface area contributed by atoms with Crippen LogP contribution in [0.5, 0.6) is 6.01 Å². The van der Waals surface area contributed by atoms with E-state index in [0.717, 1.165) is 25.7 Å². The molecule has 0 atom stereocenters. The third kappa shape index (κ3) is 3.60. The van der Waals surface area contributed by atoms with Crippen LogP contribution in [0.3, 0.4) is 0 Å². The van der Waals surface area contributed by atoms with E-state index in [1.807, 2.05) is 0 Å². The van der Waals surface area contributed by atoms with Crippen LogP contribution < -0.4 is 9.46 Å². The summed E-state index contributed by atoms with van der Waals surface area (Å²) in [5, 5.41) is 6.26. The molecule has 1 aliphatic carbocycles. The Kier molecular flexibility index (Phi) is 4.81. The summed E-state index contributed by atoms with van der Waals surface area (Å²) in [5.41, 5.74) is 0. The fourth-order valence-corrected chi connectivity index (χ4v) is 3.40. The Morgan fingerprint density at radius 1 is 1.40 bits per heavy atom. The lowest BCUT2D eigenvalue weighted by Crippen LogP contribution is -2.41. The van der Waals surface area contributed by atoms with E-state index in [1.165, 1.54) is 10.7 Å². The standard InChI is InChI=1S/C11H21N5O3S/c1-3-19-11-12-10(13-14-11)15-20(17,18)16(2)9-7-5-4-6-8-9/h9H,3-8H2,1-2H3,(H2,12,13,14,15). The number of nitrogens with zero attached hydrogens (tertiary/aromatic N) is 3. The third-order valence-corrected chi connectivity index (χ3v) is 4.94. The summed E-state index contributed by atoms with van der Waals surface area (Å²) in [6, 6.07) is 0.182. The maximum absolute atomic E-state index is 12.3. The SMILES string of the molecule is CCOc1n[nH]c(NS(=O)(=O)N(C)C2CCCCC2)n1. The van der Waals surface area contributed by atoms with E-state index in [2.05, 4.69) is 19.9 Å². The van der Waals surface area contributed by atoms with Crippen molar-refractivity contribution >= 4 is 16.2 Å². The lowest BCUT2D eigenvalue weighted by Gasteiger charge is -2.29. The minimum absolute atomic E-state index is 0.0514. The van der Waals surface area contributed by atoms with E-state index in [4.69, 9.17) is 4.74 Å². The topological polar surface area (TPSA) is 100 Å². The molecule has 1 heterocycles. The summed E-state index contributed by atoms with van der Waals surface area (Å²) in [4.78, 5) is 3.91. The number of aromatic nitrogens is 3. The molecule has 1 fully saturated rings. The molecule has 8 nitrogen and oxygen atoms in total. The Morgan fingerprint density at radius 2 is 2.10 bits per heavy atom. The van der Waals surface area contributed by atoms with Gasteiger partial charge in [0.05, 0.1) is 6.61 Å². The summed E-state index contributed by atoms with van der Waals surface area (Å²) < 4.78 is 33.3. The molecule has 1 aromatic rings. The van der Waals surface area contributed by atoms with E-state index in [-0.39, 0.29) is 18.0 Å². The molecule has 1 aliphatic rings. The Morgan fingerprint density at radius 3 is 2.75 bits per heavy atom. The molecule has 20 heavy (non-hydrogen) atoms. The molecule has 1 saturated carbocycles. The van der Waals surface area contributed by atoms with Gasteiger partial charge < -0.3 is 4.74 Å². The molecule has 0 amide bonds. The van der Waals surface area contributed by atoms with Gasteiger partial charge in [0.15, 0.2) is 0 Å². The number of nitrogens with one attached hydrogen (secondary N) is 2. The minimum atomic E-state index is -3.62. The second-order valence-electron chi connectivity index (χ2n) is 4.81. The van der Waals surface area contributed by atoms with Gasteiger partial charge in [-0.2, -0.15) is 17.7 Å². The smallest absolute Gasteiger partial charge is 0.337 e. The first-order chi connectivity index (χ1) is 9.53. The largest absolute Gasteiger partial charge is 0.463 e. The van der Waals surface area contributed by atoms with Crippen molar-refractivity contribution in [1.82, 2.24) is 19.5 Å². The number of anilines is 1. The first-order valence-corrected chi connectivity index (χ1v) is 8.28. The molecule has 0 saturated heterocycles. The van der Waals surface area contributed by atoms with Crippen molar-refractivity contribution in [1.29, 1.82) is 0 Å². The molecule has 0 radical (unpaired) electrons. The highest BCUT2D eigenvalue weighted by Gasteiger charge is 2.28. The van der Waals surface area contributed by atoms with Crippen molar-refractivity contribution in [3.63, 3.8) is 0 Å². The zero-order valence-electron chi connectivity index (χ0n) is 11.8. The molecule has 114 valence electrons. The second kappa shape index (κ2) is 6.40. The fraction of sp³-hybridized carbons (Fsp3) is 0.818. The summed E-state index contributed by atoms with van der Waals surface area (Å²) in [6.45, 7) is 2.23. The van der Waals surface area contributed by atoms with Gasteiger partial charge >= 0.3 is 16.2 Å². The van der Waals surface area contributed by atoms with Crippen LogP contribution in [0.4, 0.5) is 5.95 Å². The summed E-state index contributed by atoms with van der Waals surface area (Å²) in [7, 11) is -2.03. The average Bonchev–Trinajstić information content (AvgIpc) is 2.86. The van der Waals surface area contributed by atoms with Gasteiger partial charge in [0, 0.05) is 13.1 Å². The monoisotopic (exact) mass is 303 g/mol. The van der Waals surface area contributed by atoms with E-state index in [9.17, 15) is 8.42 Å². The van der Waals surface area contributed by atoms with Crippen molar-refractivity contribution in [3.05, 3.63) is 0 Å². The highest BCUT2D eigenvalue weighted by Crippen LogP contribution is 2.23. The van der Waals surface area contributed by atoms with Gasteiger partial charge in [-0.25, -0.2) is 9.82 Å². The maximum Gasteiger partial charge on any atom is 0.337 e. The highest BCUT2D eigenvalue weighted by atomic mass is 32.2. The molecule has 0 aromatic carbocycles. The van der Waals surface area contributed by atoms with Gasteiger partial charge in [-0.15, -0.1) is 5.10 Å². The van der Waals surface area contributed by atoms with Crippen molar-refractivity contribution in [2.24, 2.45) is 0 Å². The summed E-state index contributed by atoms with van der Waals surface area (Å²) in [5.74, 6) is 0.0658. The summed E-state index contributed by atoms with van der Waals surface area (Å²) in [6.07, 6.45) is 5.12. The number of hydrogen-bond donors (Lipinski definition) is 2. The van der Waals surface area contributed by atoms with Crippen LogP contribution in [-0.2, 0) is 10.2 Å². The van der Waals surface area contributed by atoms with Gasteiger partial charge in [-0.05, 0) is 19.8 Å². The molecule has 0 spiro atoms. The highest BCUT2D eigenvalue weighted by molar-refractivity contribution is 7.90. The molecular formula is C11H21N5O3S. The molecule has 2 rings (SSSR count). The van der Waals surface area contributed by atoms with Crippen LogP contribution in [-0.4, -0.2) is 47.6 Å². The lowest BCUT2D eigenvalue weighted by atomic mass is 9.96. The van der Waals surface area contributed by atoms with Gasteiger partial charge in [0.1, 0.15) is 0 Å². The molecule has 1 aromatic heterocycles. The fourth-order valence-electron chi connectivity index (χ4n) is 2.32. The Hall–Kier alpha value is -1.35. The zero-order valence-corrected chi connectivity index (χ0v) is 12.6. The molecule has 2 N–H and O–H groups in total. The Labute approximate surface area is 119 Å². The quantitative estimate of drug-likeness (QED) is 0.820. The van der Waals surface area contributed by atoms with Crippen molar-refractivity contribution in [2.75, 3.05) is 18.4 Å². The lowest BCUT2D eigenvalue weighted by molar-refractivity contribution is 0.287. The predicted molar refractivity (Wildman–Crippen MR) is 74.7 cm³/mol. The predicted octanol–water partition coefficient (Wildman–Crippen LogP) is 1.12. The third-order valence-electron chi connectivity index (χ3n) is 3.43. The van der Waals surface area contributed by atoms with Crippen LogP contribution in [0.15, 0.2) is 0 Å². The van der Waals surface area contributed by atoms with Crippen LogP contribution in [0, 0.1) is 0 Å². The van der Waals surface area contributed by atoms with Gasteiger partial charge in [-0.3, -0.25) is 0 Å². The molecule has 0 bridgehead atoms. The summed E-state index contributed by atoms with van der Waals surface area (Å²) >= 11 is 0. The Bertz CT molecular complexity index is 524. The average molecular weight is 303 g/mol. The zero-order chi connectivity index (χ0) is 14.6. The van der Waals surface area contributed by atoms with Gasteiger partial charge in [0.25, 0.3) is 0 Å². The Balaban J connectivity index is 2.01. The van der Waals surface area contributed by atoms with Crippen molar-refractivity contribution in [3.8, 4) is 6.01 Å². The molecule has 0 aliphatic heterocycles. The van der Waals surface area contributed by atoms with Crippen LogP contribution in [0.2, 0.25) is 0 Å². The first-order valence-electron chi connectivity index (χ1n) is 6.84. The number of H-pyrrole nitrogens is 1. The van der Waals surface area contributed by atoms with E-state index < -0.39 is 10.2 Å². The number of hydrogen-bond acceptors (Lipinski definition) is 5. The molecular weight excluding hydrogens is 282 g/mol. The second-order valence-corrected chi connectivity index (χ2v) is 6.54. The minimum Gasteiger partial charge on any atom is -0.463 e. The first kappa shape index (κ1) is 15.0.